The summed E-state index contributed by atoms with van der Waals surface area (Å²) in [4.78, 5) is 9.43. The maximum Gasteiger partial charge on any atom is -0.147 e. The molecule has 4 rings (SSSR count). The Kier molecular flexibility index (Phi) is 7.58. The first-order chi connectivity index (χ1) is 12.5. The molecule has 0 aliphatic rings. The second kappa shape index (κ2) is 9.32. The standard InChI is InChI=1S/C14H10N2.C7H5Cl2.ClH.Fe.H3N/c1-2-12-8-7-11-6-5-10-4-3-9-15-13(10)14(11)16-12;1-5-2-6(8)4-7(9)3-5;;;/h3-9H,1H3;2,4H,1H3;1H;;1H3. The van der Waals surface area contributed by atoms with Crippen LogP contribution >= 0.6 is 35.6 Å². The Morgan fingerprint density at radius 2 is 1.64 bits per heavy atom. The van der Waals surface area contributed by atoms with Crippen LogP contribution < -0.4 is 10.6 Å². The van der Waals surface area contributed by atoms with Gasteiger partial charge in [-0.1, -0.05) is 0 Å². The van der Waals surface area contributed by atoms with E-state index in [9.17, 15) is 0 Å². The average molecular weight is 476 g/mol. The second-order valence-corrected chi connectivity index (χ2v) is 8.52. The van der Waals surface area contributed by atoms with Crippen molar-refractivity contribution in [1.29, 1.82) is 0 Å². The van der Waals surface area contributed by atoms with E-state index in [0.717, 1.165) is 56.5 Å². The monoisotopic (exact) mass is 474 g/mol. The Morgan fingerprint density at radius 3 is 2.36 bits per heavy atom. The van der Waals surface area contributed by atoms with E-state index < -0.39 is 0 Å². The van der Waals surface area contributed by atoms with Crippen molar-refractivity contribution < 1.29 is 14.5 Å². The van der Waals surface area contributed by atoms with Crippen molar-refractivity contribution in [3.63, 3.8) is 0 Å². The number of aryl methyl sites for hydroxylation is 1. The van der Waals surface area contributed by atoms with Crippen LogP contribution in [0.15, 0.2) is 54.7 Å². The fourth-order valence-electron chi connectivity index (χ4n) is 2.88. The maximum absolute atomic E-state index is 6.41. The summed E-state index contributed by atoms with van der Waals surface area (Å²) in [6, 6.07) is 16.1. The molecule has 0 radical (unpaired) electrons. The summed E-state index contributed by atoms with van der Waals surface area (Å²) >= 11 is 13.2. The summed E-state index contributed by atoms with van der Waals surface area (Å²) in [5, 5.41) is 3.55. The Bertz CT molecular complexity index is 1170. The summed E-state index contributed by atoms with van der Waals surface area (Å²) in [5.74, 6) is 0. The summed E-state index contributed by atoms with van der Waals surface area (Å²) in [6.45, 7) is 4.13. The van der Waals surface area contributed by atoms with Crippen LogP contribution in [-0.4, -0.2) is 14.4 Å². The largest absolute Gasteiger partial charge is 0.344 e. The molecule has 0 fully saturated rings. The molecule has 0 unspecified atom stereocenters. The van der Waals surface area contributed by atoms with E-state index in [1.165, 1.54) is 0 Å². The van der Waals surface area contributed by atoms with Crippen LogP contribution in [0.25, 0.3) is 21.8 Å². The fraction of sp³-hybridized carbons (Fsp3) is 0.0952. The first-order valence-electron chi connectivity index (χ1n) is 8.09. The van der Waals surface area contributed by atoms with E-state index in [4.69, 9.17) is 28.2 Å². The number of fused-ring (bicyclic) bond motifs is 3. The van der Waals surface area contributed by atoms with Gasteiger partial charge >= 0.3 is 168 Å². The smallest absolute Gasteiger partial charge is 0.147 e. The van der Waals surface area contributed by atoms with Crippen LogP contribution in [0.1, 0.15) is 18.2 Å². The second-order valence-electron chi connectivity index (χ2n) is 6.02. The van der Waals surface area contributed by atoms with Crippen molar-refractivity contribution in [2.75, 3.05) is 0 Å². The Morgan fingerprint density at radius 1 is 0.964 bits per heavy atom. The first kappa shape index (κ1) is 22.8. The predicted molar refractivity (Wildman–Crippen MR) is 120 cm³/mol. The molecular weight excluding hydrogens is 456 g/mol. The Labute approximate surface area is 186 Å². The van der Waals surface area contributed by atoms with Crippen LogP contribution in [0.5, 0.6) is 0 Å². The molecule has 4 aromatic rings. The Balaban J connectivity index is 0.00000140. The molecule has 2 aromatic carbocycles. The van der Waals surface area contributed by atoms with Gasteiger partial charge in [0.2, 0.25) is 0 Å². The van der Waals surface area contributed by atoms with Gasteiger partial charge in [0.15, 0.2) is 0 Å². The zero-order valence-electron chi connectivity index (χ0n) is 15.3. The molecule has 0 bridgehead atoms. The normalized spacial score (nSPS) is 11.5. The van der Waals surface area contributed by atoms with Crippen molar-refractivity contribution in [3.05, 3.63) is 76.0 Å². The summed E-state index contributed by atoms with van der Waals surface area (Å²) in [7, 11) is 0. The van der Waals surface area contributed by atoms with E-state index in [0.29, 0.717) is 10.0 Å². The molecule has 2 aromatic heterocycles. The van der Waals surface area contributed by atoms with Crippen molar-refractivity contribution in [1.82, 2.24) is 16.1 Å². The molecule has 0 amide bonds. The maximum atomic E-state index is 6.41. The van der Waals surface area contributed by atoms with Gasteiger partial charge in [0.05, 0.1) is 0 Å². The number of rotatable bonds is 2. The van der Waals surface area contributed by atoms with Gasteiger partial charge in [-0.2, -0.15) is 0 Å². The number of hydrogen-bond donors (Lipinski definition) is 1. The first-order valence-corrected chi connectivity index (χ1v) is 9.95. The van der Waals surface area contributed by atoms with Crippen molar-refractivity contribution in [2.24, 2.45) is 0 Å². The van der Waals surface area contributed by atoms with Gasteiger partial charge in [-0.15, -0.1) is 12.4 Å². The van der Waals surface area contributed by atoms with Crippen LogP contribution in [0.4, 0.5) is 0 Å². The van der Waals surface area contributed by atoms with E-state index in [1.54, 1.807) is 6.07 Å². The zero-order chi connectivity index (χ0) is 18.3. The minimum atomic E-state index is 0. The minimum absolute atomic E-state index is 0. The average Bonchev–Trinajstić information content (AvgIpc) is 2.64. The molecule has 0 spiro atoms. The van der Waals surface area contributed by atoms with Gasteiger partial charge < -0.3 is 6.15 Å². The van der Waals surface area contributed by atoms with Crippen molar-refractivity contribution in [3.8, 4) is 0 Å². The number of nitrogens with zero attached hydrogens (tertiary/aromatic N) is 2. The number of hydrogen-bond acceptors (Lipinski definition) is 3. The van der Waals surface area contributed by atoms with Crippen LogP contribution in [0.2, 0.25) is 10.0 Å². The summed E-state index contributed by atoms with van der Waals surface area (Å²) < 4.78 is 2.25. The van der Waals surface area contributed by atoms with Gasteiger partial charge in [0.25, 0.3) is 0 Å². The number of pyridine rings is 2. The number of halogens is 3. The molecule has 28 heavy (non-hydrogen) atoms. The van der Waals surface area contributed by atoms with Crippen molar-refractivity contribution >= 4 is 66.3 Å². The zero-order valence-corrected chi connectivity index (χ0v) is 18.7. The Hall–Kier alpha value is -1.52. The van der Waals surface area contributed by atoms with E-state index in [1.807, 2.05) is 25.3 Å². The van der Waals surface area contributed by atoms with Crippen LogP contribution in [0.3, 0.4) is 0 Å². The summed E-state index contributed by atoms with van der Waals surface area (Å²) in [6.07, 6.45) is 1.81. The van der Waals surface area contributed by atoms with Crippen molar-refractivity contribution in [2.45, 2.75) is 13.8 Å². The minimum Gasteiger partial charge on any atom is -0.344 e. The molecule has 0 saturated carbocycles. The predicted octanol–water partition coefficient (Wildman–Crippen LogP) is 5.93. The van der Waals surface area contributed by atoms with E-state index in [-0.39, 0.29) is 18.6 Å². The van der Waals surface area contributed by atoms with Gasteiger partial charge in [-0.3, -0.25) is 0 Å². The molecular formula is C21H19Cl3FeN3. The third-order valence-corrected chi connectivity index (χ3v) is 6.53. The van der Waals surface area contributed by atoms with Gasteiger partial charge in [0.1, 0.15) is 0 Å². The summed E-state index contributed by atoms with van der Waals surface area (Å²) in [5.41, 5.74) is 3.91. The third kappa shape index (κ3) is 4.38. The molecule has 3 nitrogen and oxygen atoms in total. The molecule has 0 saturated heterocycles. The topological polar surface area (TPSA) is 60.8 Å². The fourth-order valence-corrected chi connectivity index (χ4v) is 4.83. The quantitative estimate of drug-likeness (QED) is 0.289. The molecule has 3 N–H and O–H groups in total. The van der Waals surface area contributed by atoms with Crippen LogP contribution in [0, 0.1) is 6.92 Å². The van der Waals surface area contributed by atoms with Gasteiger partial charge in [-0.05, 0) is 0 Å². The van der Waals surface area contributed by atoms with E-state index >= 15 is 0 Å². The third-order valence-electron chi connectivity index (χ3n) is 4.16. The SMILES string of the molecule is C/[C](=[Fe]\[c]1c(C)cc(Cl)cc1Cl)c1ccc2ccc3cccnc3c2n1.Cl.N. The molecule has 0 aliphatic heterocycles. The van der Waals surface area contributed by atoms with Gasteiger partial charge in [-0.25, -0.2) is 0 Å². The molecule has 2 heterocycles. The number of aromatic nitrogens is 2. The molecule has 7 heteroatoms. The van der Waals surface area contributed by atoms with Gasteiger partial charge in [0, 0.05) is 0 Å². The van der Waals surface area contributed by atoms with Crippen LogP contribution in [-0.2, 0) is 14.5 Å². The molecule has 147 valence electrons. The van der Waals surface area contributed by atoms with E-state index in [2.05, 4.69) is 42.2 Å². The molecule has 0 atom stereocenters. The molecule has 0 aliphatic carbocycles. The number of benzene rings is 2.